The monoisotopic (exact) mass is 426 g/mol. The van der Waals surface area contributed by atoms with Crippen LogP contribution in [0.5, 0.6) is 0 Å². The van der Waals surface area contributed by atoms with Crippen molar-refractivity contribution < 1.29 is 22.5 Å². The maximum atomic E-state index is 12.6. The third-order valence-electron chi connectivity index (χ3n) is 5.26. The van der Waals surface area contributed by atoms with Crippen molar-refractivity contribution in [1.29, 1.82) is 0 Å². The Kier molecular flexibility index (Phi) is 5.68. The van der Waals surface area contributed by atoms with Gasteiger partial charge in [0.25, 0.3) is 10.0 Å². The standard InChI is InChI=1S/C18H24BClN2O5S/c1-17(2)18(3,4)27-19(26-17)12-10-11-15(21-16(12)25-5)22-28(23,24)14-9-7-6-8-13(14)20/h6-12,16H,1-5H3,(H,21,22). The predicted molar refractivity (Wildman–Crippen MR) is 109 cm³/mol. The number of ether oxygens (including phenoxy) is 1. The summed E-state index contributed by atoms with van der Waals surface area (Å²) in [6.45, 7) is 7.86. The van der Waals surface area contributed by atoms with Crippen LogP contribution in [0.4, 0.5) is 0 Å². The van der Waals surface area contributed by atoms with Crippen LogP contribution in [0, 0.1) is 0 Å². The van der Waals surface area contributed by atoms with E-state index in [2.05, 4.69) is 9.71 Å². The first kappa shape index (κ1) is 21.3. The Labute approximate surface area is 171 Å². The second-order valence-electron chi connectivity index (χ2n) is 7.74. The largest absolute Gasteiger partial charge is 0.469 e. The summed E-state index contributed by atoms with van der Waals surface area (Å²) >= 11 is 6.01. The normalized spacial score (nSPS) is 26.2. The molecule has 0 radical (unpaired) electrons. The van der Waals surface area contributed by atoms with Crippen LogP contribution in [0.2, 0.25) is 10.8 Å². The fourth-order valence-corrected chi connectivity index (χ4v) is 4.49. The molecule has 3 rings (SSSR count). The van der Waals surface area contributed by atoms with Crippen molar-refractivity contribution in [3.05, 3.63) is 41.4 Å². The van der Waals surface area contributed by atoms with Gasteiger partial charge in [-0.25, -0.2) is 13.4 Å². The Morgan fingerprint density at radius 2 is 1.79 bits per heavy atom. The number of dihydropyridines is 1. The van der Waals surface area contributed by atoms with Crippen LogP contribution in [0.15, 0.2) is 46.3 Å². The highest BCUT2D eigenvalue weighted by Crippen LogP contribution is 2.42. The van der Waals surface area contributed by atoms with Gasteiger partial charge in [0.05, 0.1) is 22.0 Å². The fourth-order valence-electron chi connectivity index (χ4n) is 2.96. The van der Waals surface area contributed by atoms with Crippen molar-refractivity contribution in [2.45, 2.75) is 55.8 Å². The molecule has 0 saturated carbocycles. The van der Waals surface area contributed by atoms with Crippen molar-refractivity contribution in [2.24, 2.45) is 4.99 Å². The Balaban J connectivity index is 1.79. The van der Waals surface area contributed by atoms with Crippen molar-refractivity contribution in [3.8, 4) is 0 Å². The smallest absolute Gasteiger partial charge is 0.403 e. The van der Waals surface area contributed by atoms with Crippen LogP contribution in [0.3, 0.4) is 0 Å². The van der Waals surface area contributed by atoms with Crippen molar-refractivity contribution in [3.63, 3.8) is 0 Å². The number of nitrogens with one attached hydrogen (secondary N) is 1. The quantitative estimate of drug-likeness (QED) is 0.748. The van der Waals surface area contributed by atoms with Crippen LogP contribution < -0.4 is 4.72 Å². The van der Waals surface area contributed by atoms with Crippen LogP contribution in [-0.2, 0) is 24.1 Å². The molecule has 2 aliphatic heterocycles. The molecule has 0 spiro atoms. The minimum Gasteiger partial charge on any atom is -0.403 e. The van der Waals surface area contributed by atoms with E-state index >= 15 is 0 Å². The summed E-state index contributed by atoms with van der Waals surface area (Å²) in [6.07, 6.45) is 2.71. The number of hydrogen-bond acceptors (Lipinski definition) is 6. The van der Waals surface area contributed by atoms with Crippen LogP contribution >= 0.6 is 11.6 Å². The van der Waals surface area contributed by atoms with Gasteiger partial charge in [0.1, 0.15) is 10.7 Å². The molecule has 0 amide bonds. The van der Waals surface area contributed by atoms with Crippen LogP contribution in [0.1, 0.15) is 27.7 Å². The lowest BCUT2D eigenvalue weighted by molar-refractivity contribution is 0.00578. The van der Waals surface area contributed by atoms with E-state index in [1.165, 1.54) is 19.2 Å². The van der Waals surface area contributed by atoms with E-state index in [9.17, 15) is 8.42 Å². The Morgan fingerprint density at radius 3 is 2.36 bits per heavy atom. The highest BCUT2D eigenvalue weighted by atomic mass is 35.5. The lowest BCUT2D eigenvalue weighted by Crippen LogP contribution is -2.41. The molecule has 1 aromatic rings. The first-order chi connectivity index (χ1) is 13.0. The Morgan fingerprint density at radius 1 is 1.18 bits per heavy atom. The van der Waals surface area contributed by atoms with Gasteiger partial charge in [-0.1, -0.05) is 29.8 Å². The molecule has 1 fully saturated rings. The van der Waals surface area contributed by atoms with Crippen LogP contribution in [0.25, 0.3) is 0 Å². The zero-order chi connectivity index (χ0) is 20.7. The molecule has 7 nitrogen and oxygen atoms in total. The molecule has 2 aliphatic rings. The molecule has 1 N–H and O–H groups in total. The molecule has 152 valence electrons. The molecule has 0 aliphatic carbocycles. The van der Waals surface area contributed by atoms with E-state index in [1.54, 1.807) is 24.3 Å². The maximum absolute atomic E-state index is 12.6. The van der Waals surface area contributed by atoms with Crippen LogP contribution in [-0.4, -0.2) is 45.9 Å². The average molecular weight is 427 g/mol. The summed E-state index contributed by atoms with van der Waals surface area (Å²) in [5, 5.41) is 0.133. The number of nitrogens with zero attached hydrogens (tertiary/aromatic N) is 1. The Bertz CT molecular complexity index is 900. The number of benzene rings is 1. The summed E-state index contributed by atoms with van der Waals surface area (Å²) in [5.41, 5.74) is -0.973. The number of hydrogen-bond donors (Lipinski definition) is 1. The summed E-state index contributed by atoms with van der Waals surface area (Å²) in [5.74, 6) is -0.167. The topological polar surface area (TPSA) is 86.2 Å². The molecular formula is C18H24BClN2O5S. The van der Waals surface area contributed by atoms with Crippen molar-refractivity contribution in [2.75, 3.05) is 7.11 Å². The van der Waals surface area contributed by atoms with Gasteiger partial charge in [-0.2, -0.15) is 0 Å². The molecule has 0 aromatic heterocycles. The average Bonchev–Trinajstić information content (AvgIpc) is 2.82. The zero-order valence-corrected chi connectivity index (χ0v) is 18.0. The van der Waals surface area contributed by atoms with Gasteiger partial charge in [-0.15, -0.1) is 0 Å². The van der Waals surface area contributed by atoms with Gasteiger partial charge in [0, 0.05) is 7.11 Å². The molecule has 2 atom stereocenters. The Hall–Kier alpha value is -1.39. The molecule has 10 heteroatoms. The number of halogens is 1. The maximum Gasteiger partial charge on any atom is 0.469 e. The number of methoxy groups -OCH3 is 1. The van der Waals surface area contributed by atoms with Crippen molar-refractivity contribution >= 4 is 34.6 Å². The summed E-state index contributed by atoms with van der Waals surface area (Å²) < 4.78 is 45.3. The highest BCUT2D eigenvalue weighted by molar-refractivity contribution is 7.90. The molecule has 2 unspecified atom stereocenters. The first-order valence-electron chi connectivity index (χ1n) is 8.89. The van der Waals surface area contributed by atoms with E-state index in [0.29, 0.717) is 0 Å². The molecular weight excluding hydrogens is 403 g/mol. The number of amidine groups is 1. The van der Waals surface area contributed by atoms with Crippen molar-refractivity contribution in [1.82, 2.24) is 4.72 Å². The molecule has 28 heavy (non-hydrogen) atoms. The predicted octanol–water partition coefficient (Wildman–Crippen LogP) is 3.02. The second kappa shape index (κ2) is 7.46. The lowest BCUT2D eigenvalue weighted by atomic mass is 9.69. The van der Waals surface area contributed by atoms with E-state index in [4.69, 9.17) is 25.6 Å². The zero-order valence-electron chi connectivity index (χ0n) is 16.5. The van der Waals surface area contributed by atoms with E-state index in [0.717, 1.165) is 0 Å². The molecule has 1 aromatic carbocycles. The number of sulfonamides is 1. The molecule has 2 heterocycles. The van der Waals surface area contributed by atoms with E-state index in [-0.39, 0.29) is 21.6 Å². The van der Waals surface area contributed by atoms with Gasteiger partial charge in [0.2, 0.25) is 0 Å². The highest BCUT2D eigenvalue weighted by Gasteiger charge is 2.55. The van der Waals surface area contributed by atoms with Gasteiger partial charge >= 0.3 is 7.12 Å². The lowest BCUT2D eigenvalue weighted by Gasteiger charge is -2.32. The fraction of sp³-hybridized carbons (Fsp3) is 0.500. The summed E-state index contributed by atoms with van der Waals surface area (Å²) in [4.78, 5) is 4.36. The number of rotatable bonds is 4. The van der Waals surface area contributed by atoms with Gasteiger partial charge in [-0.3, -0.25) is 4.72 Å². The SMILES string of the molecule is COC1N=C(NS(=O)(=O)c2ccccc2Cl)C=CC1B1OC(C)(C)C(C)(C)O1. The summed E-state index contributed by atoms with van der Waals surface area (Å²) in [6, 6.07) is 6.21. The van der Waals surface area contributed by atoms with Gasteiger partial charge in [-0.05, 0) is 45.9 Å². The molecule has 1 saturated heterocycles. The minimum absolute atomic E-state index is 0.0187. The van der Waals surface area contributed by atoms with Gasteiger partial charge in [0.15, 0.2) is 6.23 Å². The molecule has 0 bridgehead atoms. The van der Waals surface area contributed by atoms with Gasteiger partial charge < -0.3 is 14.0 Å². The van der Waals surface area contributed by atoms with E-state index in [1.807, 2.05) is 27.7 Å². The third-order valence-corrected chi connectivity index (χ3v) is 7.12. The summed E-state index contributed by atoms with van der Waals surface area (Å²) in [7, 11) is -2.93. The third kappa shape index (κ3) is 4.00. The second-order valence-corrected chi connectivity index (χ2v) is 9.80. The number of aliphatic imine (C=N–C) groups is 1. The minimum atomic E-state index is -3.88. The van der Waals surface area contributed by atoms with E-state index < -0.39 is 34.6 Å². The first-order valence-corrected chi connectivity index (χ1v) is 10.7.